The Balaban J connectivity index is 0.000000283. The van der Waals surface area contributed by atoms with E-state index in [-0.39, 0.29) is 26.2 Å². The van der Waals surface area contributed by atoms with Crippen molar-refractivity contribution in [2.45, 2.75) is 19.7 Å². The molecule has 0 spiro atoms. The zero-order chi connectivity index (χ0) is 14.6. The van der Waals surface area contributed by atoms with E-state index in [0.29, 0.717) is 5.88 Å². The van der Waals surface area contributed by atoms with E-state index in [9.17, 15) is 0 Å². The summed E-state index contributed by atoms with van der Waals surface area (Å²) in [7, 11) is 0. The topological polar surface area (TPSA) is 0 Å². The Morgan fingerprint density at radius 3 is 1.29 bits per heavy atom. The quantitative estimate of drug-likeness (QED) is 0.369. The molecular weight excluding hydrogens is 355 g/mol. The van der Waals surface area contributed by atoms with Gasteiger partial charge in [-0.3, -0.25) is 0 Å². The first kappa shape index (κ1) is 20.1. The Morgan fingerprint density at radius 2 is 1.10 bits per heavy atom. The second-order valence-electron chi connectivity index (χ2n) is 4.54. The van der Waals surface area contributed by atoms with Gasteiger partial charge in [0.1, 0.15) is 0 Å². The van der Waals surface area contributed by atoms with Gasteiger partial charge in [-0.05, 0) is 5.56 Å². The van der Waals surface area contributed by atoms with Gasteiger partial charge in [-0.1, -0.05) is 44.2 Å². The number of alkyl halides is 1. The van der Waals surface area contributed by atoms with Crippen molar-refractivity contribution >= 4 is 11.6 Å². The van der Waals surface area contributed by atoms with Crippen LogP contribution in [0.2, 0.25) is 0 Å². The molecule has 108 valence electrons. The van der Waals surface area contributed by atoms with Crippen LogP contribution in [0.3, 0.4) is 0 Å². The number of rotatable bonds is 1. The summed E-state index contributed by atoms with van der Waals surface area (Å²) in [6.45, 7) is 4.17. The van der Waals surface area contributed by atoms with Gasteiger partial charge >= 0.3 is 26.2 Å². The van der Waals surface area contributed by atoms with Crippen LogP contribution in [0, 0.1) is 13.8 Å². The molecule has 0 saturated heterocycles. The molecule has 0 bridgehead atoms. The minimum absolute atomic E-state index is 0. The largest absolute Gasteiger partial charge is 2.00 e. The Kier molecular flexibility index (Phi) is 12.3. The summed E-state index contributed by atoms with van der Waals surface area (Å²) in [5.74, 6) is 0.612. The van der Waals surface area contributed by atoms with Crippen LogP contribution >= 0.6 is 11.6 Å². The molecule has 0 unspecified atom stereocenters. The molecule has 0 aliphatic rings. The van der Waals surface area contributed by atoms with E-state index in [1.54, 1.807) is 0 Å². The summed E-state index contributed by atoms with van der Waals surface area (Å²) in [6, 6.07) is 26.4. The number of hydrogen-bond donors (Lipinski definition) is 0. The molecule has 0 fully saturated rings. The predicted octanol–water partition coefficient (Wildman–Crippen LogP) is 5.85. The summed E-state index contributed by atoms with van der Waals surface area (Å²) in [4.78, 5) is 0. The van der Waals surface area contributed by atoms with Gasteiger partial charge in [0.05, 0.1) is 0 Å². The SMILES string of the molecule is C[c-]1cccc1.C[c-]1cccc1.ClCc1ccccc1.[Zr+2]. The Bertz CT molecular complexity index is 492. The Labute approximate surface area is 152 Å². The molecule has 3 rings (SSSR count). The smallest absolute Gasteiger partial charge is 0.213 e. The standard InChI is InChI=1S/C7H7Cl.2C6H7.Zr/c8-6-7-4-2-1-3-5-7;2*1-6-4-2-3-5-6;/h1-5H,6H2;2*2-5H,1H3;/q;2*-1;+2. The fourth-order valence-corrected chi connectivity index (χ4v) is 1.69. The van der Waals surface area contributed by atoms with Crippen LogP contribution in [-0.4, -0.2) is 0 Å². The zero-order valence-electron chi connectivity index (χ0n) is 12.6. The molecule has 0 radical (unpaired) electrons. The maximum atomic E-state index is 5.53. The maximum Gasteiger partial charge on any atom is 2.00 e. The average Bonchev–Trinajstić information content (AvgIpc) is 3.15. The van der Waals surface area contributed by atoms with E-state index in [2.05, 4.69) is 38.1 Å². The van der Waals surface area contributed by atoms with Crippen LogP contribution in [0.5, 0.6) is 0 Å². The molecule has 3 aromatic rings. The van der Waals surface area contributed by atoms with Gasteiger partial charge < -0.3 is 0 Å². The van der Waals surface area contributed by atoms with Crippen LogP contribution in [0.4, 0.5) is 0 Å². The predicted molar refractivity (Wildman–Crippen MR) is 89.5 cm³/mol. The number of benzene rings is 1. The minimum Gasteiger partial charge on any atom is -0.213 e. The number of halogens is 1. The average molecular weight is 376 g/mol. The Morgan fingerprint density at radius 1 is 0.714 bits per heavy atom. The van der Waals surface area contributed by atoms with Crippen molar-refractivity contribution in [3.05, 3.63) is 95.6 Å². The normalized spacial score (nSPS) is 8.52. The van der Waals surface area contributed by atoms with Crippen molar-refractivity contribution in [3.63, 3.8) is 0 Å². The molecule has 0 aromatic heterocycles. The fourth-order valence-electron chi connectivity index (χ4n) is 1.51. The van der Waals surface area contributed by atoms with Gasteiger partial charge in [-0.25, -0.2) is 24.3 Å². The van der Waals surface area contributed by atoms with Crippen LogP contribution < -0.4 is 0 Å². The number of aryl methyl sites for hydroxylation is 2. The molecule has 21 heavy (non-hydrogen) atoms. The van der Waals surface area contributed by atoms with Crippen molar-refractivity contribution < 1.29 is 26.2 Å². The van der Waals surface area contributed by atoms with E-state index in [0.717, 1.165) is 0 Å². The van der Waals surface area contributed by atoms with Gasteiger partial charge in [0.25, 0.3) is 0 Å². The van der Waals surface area contributed by atoms with Crippen LogP contribution in [0.1, 0.15) is 16.7 Å². The summed E-state index contributed by atoms with van der Waals surface area (Å²) >= 11 is 5.53. The summed E-state index contributed by atoms with van der Waals surface area (Å²) in [6.07, 6.45) is 0. The van der Waals surface area contributed by atoms with Crippen molar-refractivity contribution in [3.8, 4) is 0 Å². The van der Waals surface area contributed by atoms with Gasteiger partial charge in [-0.15, -0.1) is 11.6 Å². The van der Waals surface area contributed by atoms with Crippen LogP contribution in [0.25, 0.3) is 0 Å². The molecule has 0 aliphatic carbocycles. The van der Waals surface area contributed by atoms with E-state index in [1.165, 1.54) is 16.7 Å². The van der Waals surface area contributed by atoms with Gasteiger partial charge in [0, 0.05) is 5.88 Å². The second kappa shape index (κ2) is 12.8. The molecule has 0 amide bonds. The van der Waals surface area contributed by atoms with E-state index in [1.807, 2.05) is 54.6 Å². The van der Waals surface area contributed by atoms with Gasteiger partial charge in [-0.2, -0.15) is 35.4 Å². The third kappa shape index (κ3) is 10.5. The van der Waals surface area contributed by atoms with E-state index >= 15 is 0 Å². The fraction of sp³-hybridized carbons (Fsp3) is 0.158. The molecule has 3 aromatic carbocycles. The van der Waals surface area contributed by atoms with Crippen LogP contribution in [-0.2, 0) is 32.1 Å². The molecule has 0 N–H and O–H groups in total. The van der Waals surface area contributed by atoms with Crippen molar-refractivity contribution in [1.82, 2.24) is 0 Å². The third-order valence-corrected chi connectivity index (χ3v) is 2.96. The molecular formula is C19H21ClZr. The summed E-state index contributed by atoms with van der Waals surface area (Å²) in [5, 5.41) is 0. The third-order valence-electron chi connectivity index (χ3n) is 2.66. The van der Waals surface area contributed by atoms with E-state index in [4.69, 9.17) is 11.6 Å². The van der Waals surface area contributed by atoms with Crippen molar-refractivity contribution in [1.29, 1.82) is 0 Å². The molecule has 2 heteroatoms. The van der Waals surface area contributed by atoms with Crippen molar-refractivity contribution in [2.24, 2.45) is 0 Å². The zero-order valence-corrected chi connectivity index (χ0v) is 15.8. The monoisotopic (exact) mass is 374 g/mol. The molecule has 0 atom stereocenters. The first-order valence-corrected chi connectivity index (χ1v) is 7.22. The van der Waals surface area contributed by atoms with Gasteiger partial charge in [0.2, 0.25) is 0 Å². The van der Waals surface area contributed by atoms with Crippen LogP contribution in [0.15, 0.2) is 78.9 Å². The summed E-state index contributed by atoms with van der Waals surface area (Å²) in [5.41, 5.74) is 3.86. The Hall–Kier alpha value is -0.907. The van der Waals surface area contributed by atoms with Gasteiger partial charge in [0.15, 0.2) is 0 Å². The van der Waals surface area contributed by atoms with E-state index < -0.39 is 0 Å². The first-order valence-electron chi connectivity index (χ1n) is 6.69. The molecule has 0 saturated carbocycles. The minimum atomic E-state index is 0. The molecule has 0 aliphatic heterocycles. The molecule has 0 nitrogen and oxygen atoms in total. The van der Waals surface area contributed by atoms with Crippen molar-refractivity contribution in [2.75, 3.05) is 0 Å². The maximum absolute atomic E-state index is 5.53. The second-order valence-corrected chi connectivity index (χ2v) is 4.81. The summed E-state index contributed by atoms with van der Waals surface area (Å²) < 4.78 is 0. The number of hydrogen-bond acceptors (Lipinski definition) is 0. The molecule has 0 heterocycles. The first-order chi connectivity index (χ1) is 9.72.